The molecule has 49 heavy (non-hydrogen) atoms. The zero-order valence-corrected chi connectivity index (χ0v) is 26.2. The van der Waals surface area contributed by atoms with Crippen molar-refractivity contribution in [2.75, 3.05) is 0 Å². The van der Waals surface area contributed by atoms with E-state index in [4.69, 9.17) is 15.0 Å². The predicted molar refractivity (Wildman–Crippen MR) is 200 cm³/mol. The summed E-state index contributed by atoms with van der Waals surface area (Å²) in [5, 5.41) is 5.69. The Bertz CT molecular complexity index is 3120. The number of rotatable bonds is 3. The molecule has 0 aliphatic heterocycles. The molecule has 11 rings (SSSR count). The number of hydrogen-bond acceptors (Lipinski definition) is 3. The molecule has 0 saturated heterocycles. The Labute approximate surface area is 279 Å². The molecule has 6 heteroatoms. The Morgan fingerprint density at radius 2 is 1.06 bits per heavy atom. The highest BCUT2D eigenvalue weighted by molar-refractivity contribution is 6.10. The molecule has 4 aromatic heterocycles. The van der Waals surface area contributed by atoms with Gasteiger partial charge in [0.05, 0.1) is 44.3 Å². The zero-order valence-electron chi connectivity index (χ0n) is 26.2. The molecule has 0 N–H and O–H groups in total. The van der Waals surface area contributed by atoms with Gasteiger partial charge in [0.1, 0.15) is 0 Å². The van der Waals surface area contributed by atoms with Crippen LogP contribution in [-0.2, 0) is 0 Å². The highest BCUT2D eigenvalue weighted by Crippen LogP contribution is 2.37. The topological polar surface area (TPSA) is 52.9 Å². The lowest BCUT2D eigenvalue weighted by Crippen LogP contribution is -2.03. The average molecular weight is 627 g/mol. The second-order valence-electron chi connectivity index (χ2n) is 12.6. The molecule has 0 bridgehead atoms. The van der Waals surface area contributed by atoms with Gasteiger partial charge in [-0.15, -0.1) is 0 Å². The van der Waals surface area contributed by atoms with Crippen molar-refractivity contribution in [3.05, 3.63) is 158 Å². The molecule has 7 aromatic carbocycles. The molecule has 0 radical (unpaired) electrons. The summed E-state index contributed by atoms with van der Waals surface area (Å²) in [5.41, 5.74) is 10.4. The molecule has 0 unspecified atom stereocenters. The Morgan fingerprint density at radius 1 is 0.388 bits per heavy atom. The highest BCUT2D eigenvalue weighted by Gasteiger charge is 2.20. The van der Waals surface area contributed by atoms with E-state index in [1.54, 1.807) is 0 Å². The highest BCUT2D eigenvalue weighted by atomic mass is 15.2. The van der Waals surface area contributed by atoms with Crippen LogP contribution in [-0.4, -0.2) is 28.5 Å². The first-order valence-corrected chi connectivity index (χ1v) is 16.5. The Hall–Kier alpha value is -6.79. The number of fused-ring (bicyclic) bond motifs is 10. The SMILES string of the molecule is c1ccc2cc(-c3nc(-n4c5ccccc5c5cc(-n6c7ccccc7n7c8ccccc8nc67)ccc54)nc4ccccc34)ccc2c1. The number of imidazole rings is 2. The first kappa shape index (κ1) is 26.3. The Kier molecular flexibility index (Phi) is 5.29. The fourth-order valence-electron chi connectivity index (χ4n) is 7.64. The molecule has 0 aliphatic rings. The van der Waals surface area contributed by atoms with E-state index in [0.29, 0.717) is 5.95 Å². The van der Waals surface area contributed by atoms with Crippen LogP contribution in [0.4, 0.5) is 0 Å². The van der Waals surface area contributed by atoms with Gasteiger partial charge in [-0.25, -0.2) is 15.0 Å². The van der Waals surface area contributed by atoms with Crippen molar-refractivity contribution in [1.82, 2.24) is 28.5 Å². The molecule has 11 aromatic rings. The van der Waals surface area contributed by atoms with E-state index in [1.165, 1.54) is 10.8 Å². The van der Waals surface area contributed by atoms with E-state index in [9.17, 15) is 0 Å². The van der Waals surface area contributed by atoms with E-state index in [0.717, 1.165) is 77.5 Å². The van der Waals surface area contributed by atoms with Gasteiger partial charge in [0.2, 0.25) is 11.7 Å². The lowest BCUT2D eigenvalue weighted by Gasteiger charge is -2.12. The van der Waals surface area contributed by atoms with Crippen molar-refractivity contribution in [2.24, 2.45) is 0 Å². The molecule has 0 aliphatic carbocycles. The maximum Gasteiger partial charge on any atom is 0.235 e. The van der Waals surface area contributed by atoms with Crippen molar-refractivity contribution in [2.45, 2.75) is 0 Å². The summed E-state index contributed by atoms with van der Waals surface area (Å²) in [6, 6.07) is 55.4. The molecule has 0 atom stereocenters. The van der Waals surface area contributed by atoms with Gasteiger partial charge in [0.25, 0.3) is 0 Å². The molecule has 0 fully saturated rings. The smallest absolute Gasteiger partial charge is 0.235 e. The maximum atomic E-state index is 5.33. The first-order valence-electron chi connectivity index (χ1n) is 16.5. The second kappa shape index (κ2) is 9.86. The van der Waals surface area contributed by atoms with Gasteiger partial charge in [-0.1, -0.05) is 97.1 Å². The van der Waals surface area contributed by atoms with Gasteiger partial charge in [-0.3, -0.25) is 13.5 Å². The fourth-order valence-corrected chi connectivity index (χ4v) is 7.64. The van der Waals surface area contributed by atoms with Crippen molar-refractivity contribution in [3.63, 3.8) is 0 Å². The van der Waals surface area contributed by atoms with Crippen molar-refractivity contribution < 1.29 is 0 Å². The number of aromatic nitrogens is 6. The lowest BCUT2D eigenvalue weighted by molar-refractivity contribution is 1.01. The van der Waals surface area contributed by atoms with E-state index in [1.807, 2.05) is 12.1 Å². The molecule has 4 heterocycles. The monoisotopic (exact) mass is 626 g/mol. The standard InChI is InChI=1S/C43H26N6/c1-2-12-28-25-29(22-21-27(28)11-1)41-32-14-3-5-15-34(32)44-42(46-41)48-36-17-7-4-13-31(36)33-26-30(23-24-37(33)48)47-39-19-9-10-20-40(39)49-38-18-8-6-16-35(38)45-43(47)49/h1-26H. The van der Waals surface area contributed by atoms with Crippen LogP contribution >= 0.6 is 0 Å². The fraction of sp³-hybridized carbons (Fsp3) is 0. The van der Waals surface area contributed by atoms with Crippen LogP contribution in [0.15, 0.2) is 158 Å². The minimum Gasteiger partial charge on any atom is -0.278 e. The molecule has 0 spiro atoms. The van der Waals surface area contributed by atoms with Crippen molar-refractivity contribution >= 4 is 71.3 Å². The molecule has 0 saturated carbocycles. The van der Waals surface area contributed by atoms with E-state index in [-0.39, 0.29) is 0 Å². The predicted octanol–water partition coefficient (Wildman–Crippen LogP) is 10.3. The molecular formula is C43H26N6. The molecule has 228 valence electrons. The van der Waals surface area contributed by atoms with Gasteiger partial charge in [0, 0.05) is 27.4 Å². The van der Waals surface area contributed by atoms with E-state index in [2.05, 4.69) is 159 Å². The maximum absolute atomic E-state index is 5.33. The van der Waals surface area contributed by atoms with Gasteiger partial charge in [0.15, 0.2) is 0 Å². The minimum atomic E-state index is 0.647. The third kappa shape index (κ3) is 3.74. The largest absolute Gasteiger partial charge is 0.278 e. The van der Waals surface area contributed by atoms with Gasteiger partial charge >= 0.3 is 0 Å². The van der Waals surface area contributed by atoms with Crippen LogP contribution in [0.3, 0.4) is 0 Å². The number of hydrogen-bond donors (Lipinski definition) is 0. The normalized spacial score (nSPS) is 12.1. The number of nitrogens with zero attached hydrogens (tertiary/aromatic N) is 6. The summed E-state index contributed by atoms with van der Waals surface area (Å²) in [4.78, 5) is 15.6. The summed E-state index contributed by atoms with van der Waals surface area (Å²) in [6.07, 6.45) is 0. The Balaban J connectivity index is 1.18. The minimum absolute atomic E-state index is 0.647. The summed E-state index contributed by atoms with van der Waals surface area (Å²) < 4.78 is 6.74. The third-order valence-corrected chi connectivity index (χ3v) is 9.84. The van der Waals surface area contributed by atoms with Gasteiger partial charge in [-0.05, 0) is 71.4 Å². The summed E-state index contributed by atoms with van der Waals surface area (Å²) in [6.45, 7) is 0. The van der Waals surface area contributed by atoms with Crippen LogP contribution < -0.4 is 0 Å². The number of benzene rings is 7. The van der Waals surface area contributed by atoms with Crippen LogP contribution in [0.2, 0.25) is 0 Å². The van der Waals surface area contributed by atoms with Crippen LogP contribution in [0, 0.1) is 0 Å². The summed E-state index contributed by atoms with van der Waals surface area (Å²) >= 11 is 0. The second-order valence-corrected chi connectivity index (χ2v) is 12.6. The van der Waals surface area contributed by atoms with Crippen LogP contribution in [0.5, 0.6) is 0 Å². The van der Waals surface area contributed by atoms with Gasteiger partial charge in [-0.2, -0.15) is 0 Å². The average Bonchev–Trinajstić information content (AvgIpc) is 3.81. The third-order valence-electron chi connectivity index (χ3n) is 9.84. The summed E-state index contributed by atoms with van der Waals surface area (Å²) in [7, 11) is 0. The molecule has 0 amide bonds. The summed E-state index contributed by atoms with van der Waals surface area (Å²) in [5.74, 6) is 1.54. The van der Waals surface area contributed by atoms with Crippen LogP contribution in [0.1, 0.15) is 0 Å². The molecule has 6 nitrogen and oxygen atoms in total. The number of para-hydroxylation sites is 6. The zero-order chi connectivity index (χ0) is 32.1. The van der Waals surface area contributed by atoms with Gasteiger partial charge < -0.3 is 0 Å². The molecular weight excluding hydrogens is 601 g/mol. The Morgan fingerprint density at radius 3 is 1.94 bits per heavy atom. The van der Waals surface area contributed by atoms with Crippen molar-refractivity contribution in [3.8, 4) is 22.9 Å². The van der Waals surface area contributed by atoms with Crippen molar-refractivity contribution in [1.29, 1.82) is 0 Å². The first-order chi connectivity index (χ1) is 24.3. The van der Waals surface area contributed by atoms with E-state index < -0.39 is 0 Å². The van der Waals surface area contributed by atoms with E-state index >= 15 is 0 Å². The quantitative estimate of drug-likeness (QED) is 0.196. The lowest BCUT2D eigenvalue weighted by atomic mass is 10.0. The van der Waals surface area contributed by atoms with Crippen LogP contribution in [0.25, 0.3) is 94.2 Å².